The average molecular weight is 562 g/mol. The number of imidazole rings is 1. The first-order chi connectivity index (χ1) is 19.5. The summed E-state index contributed by atoms with van der Waals surface area (Å²) < 4.78 is 29.9. The van der Waals surface area contributed by atoms with Gasteiger partial charge in [-0.1, -0.05) is 81.6 Å². The molecule has 0 aliphatic carbocycles. The molecule has 1 aliphatic rings. The van der Waals surface area contributed by atoms with Crippen LogP contribution in [0.25, 0.3) is 11.2 Å². The van der Waals surface area contributed by atoms with E-state index in [-0.39, 0.29) is 0 Å². The minimum absolute atomic E-state index is 0.325. The zero-order chi connectivity index (χ0) is 28.0. The molecule has 40 heavy (non-hydrogen) atoms. The zero-order valence-corrected chi connectivity index (χ0v) is 24.2. The highest BCUT2D eigenvalue weighted by Gasteiger charge is 2.30. The van der Waals surface area contributed by atoms with Gasteiger partial charge in [-0.2, -0.15) is 14.3 Å². The molecular formula is C30H39N7O2S. The molecule has 9 nitrogen and oxygen atoms in total. The Balaban J connectivity index is 1.40. The Morgan fingerprint density at radius 3 is 2.30 bits per heavy atom. The molecule has 0 amide bonds. The van der Waals surface area contributed by atoms with Gasteiger partial charge in [0.25, 0.3) is 0 Å². The Morgan fingerprint density at radius 2 is 1.62 bits per heavy atom. The fourth-order valence-electron chi connectivity index (χ4n) is 5.15. The Bertz CT molecular complexity index is 1480. The van der Waals surface area contributed by atoms with Crippen LogP contribution in [0, 0.1) is 5.92 Å². The summed E-state index contributed by atoms with van der Waals surface area (Å²) in [5.74, 6) is 1.90. The summed E-state index contributed by atoms with van der Waals surface area (Å²) in [5, 5.41) is 3.60. The molecular weight excluding hydrogens is 522 g/mol. The summed E-state index contributed by atoms with van der Waals surface area (Å²) in [4.78, 5) is 17.0. The lowest BCUT2D eigenvalue weighted by atomic mass is 9.99. The number of piperazine rings is 1. The van der Waals surface area contributed by atoms with Crippen molar-refractivity contribution in [3.63, 3.8) is 0 Å². The highest BCUT2D eigenvalue weighted by molar-refractivity contribution is 7.89. The van der Waals surface area contributed by atoms with Gasteiger partial charge in [0.05, 0.1) is 17.8 Å². The number of sulfonamides is 1. The monoisotopic (exact) mass is 561 g/mol. The van der Waals surface area contributed by atoms with Gasteiger partial charge in [-0.15, -0.1) is 0 Å². The number of aromatic nitrogens is 4. The maximum Gasteiger partial charge on any atom is 0.243 e. The number of fused-ring (bicyclic) bond motifs is 1. The minimum atomic E-state index is -3.53. The third-order valence-corrected chi connectivity index (χ3v) is 9.56. The van der Waals surface area contributed by atoms with Gasteiger partial charge in [-0.3, -0.25) is 0 Å². The molecule has 5 rings (SSSR count). The number of nitrogens with one attached hydrogen (secondary N) is 1. The first kappa shape index (κ1) is 28.0. The predicted octanol–water partition coefficient (Wildman–Crippen LogP) is 5.01. The van der Waals surface area contributed by atoms with Crippen molar-refractivity contribution < 1.29 is 8.42 Å². The van der Waals surface area contributed by atoms with Gasteiger partial charge >= 0.3 is 0 Å². The van der Waals surface area contributed by atoms with E-state index < -0.39 is 10.0 Å². The summed E-state index contributed by atoms with van der Waals surface area (Å²) in [6, 6.07) is 18.9. The standard InChI is InChI=1S/C30H39N7O2S/c1-3-5-12-24(4-2)21-31-28-27-29(36(23-32-27)22-25-13-8-6-9-14-25)34-30(33-28)35-17-19-37(20-18-35)40(38,39)26-15-10-7-11-16-26/h6-11,13-16,23-24H,3-5,12,17-22H2,1-2H3,(H,31,33,34). The quantitative estimate of drug-likeness (QED) is 0.260. The van der Waals surface area contributed by atoms with E-state index in [1.54, 1.807) is 28.6 Å². The summed E-state index contributed by atoms with van der Waals surface area (Å²) in [7, 11) is -3.53. The van der Waals surface area contributed by atoms with Crippen molar-refractivity contribution >= 4 is 33.0 Å². The van der Waals surface area contributed by atoms with E-state index in [1.807, 2.05) is 30.6 Å². The van der Waals surface area contributed by atoms with Gasteiger partial charge in [0, 0.05) is 32.7 Å². The molecule has 0 saturated carbocycles. The summed E-state index contributed by atoms with van der Waals surface area (Å²) >= 11 is 0. The number of hydrogen-bond acceptors (Lipinski definition) is 7. The van der Waals surface area contributed by atoms with E-state index in [1.165, 1.54) is 24.8 Å². The van der Waals surface area contributed by atoms with Crippen molar-refractivity contribution in [1.82, 2.24) is 23.8 Å². The topological polar surface area (TPSA) is 96.2 Å². The first-order valence-electron chi connectivity index (χ1n) is 14.3. The van der Waals surface area contributed by atoms with E-state index in [9.17, 15) is 8.42 Å². The molecule has 0 bridgehead atoms. The normalized spacial score (nSPS) is 15.4. The Hall–Kier alpha value is -3.50. The number of hydrogen-bond donors (Lipinski definition) is 1. The molecule has 1 N–H and O–H groups in total. The maximum absolute atomic E-state index is 13.1. The van der Waals surface area contributed by atoms with Crippen LogP contribution < -0.4 is 10.2 Å². The summed E-state index contributed by atoms with van der Waals surface area (Å²) in [6.07, 6.45) is 6.52. The molecule has 1 atom stereocenters. The van der Waals surface area contributed by atoms with E-state index in [2.05, 4.69) is 40.8 Å². The molecule has 0 spiro atoms. The van der Waals surface area contributed by atoms with Crippen LogP contribution in [0.2, 0.25) is 0 Å². The number of nitrogens with zero attached hydrogens (tertiary/aromatic N) is 6. The van der Waals surface area contributed by atoms with Gasteiger partial charge in [-0.05, 0) is 30.0 Å². The largest absolute Gasteiger partial charge is 0.368 e. The van der Waals surface area contributed by atoms with Crippen LogP contribution in [0.5, 0.6) is 0 Å². The van der Waals surface area contributed by atoms with E-state index in [0.29, 0.717) is 49.5 Å². The average Bonchev–Trinajstić information content (AvgIpc) is 3.40. The van der Waals surface area contributed by atoms with Crippen molar-refractivity contribution in [3.05, 3.63) is 72.6 Å². The molecule has 2 aromatic heterocycles. The predicted molar refractivity (Wildman–Crippen MR) is 160 cm³/mol. The summed E-state index contributed by atoms with van der Waals surface area (Å²) in [5.41, 5.74) is 2.70. The molecule has 212 valence electrons. The van der Waals surface area contributed by atoms with Crippen LogP contribution in [0.1, 0.15) is 45.1 Å². The Labute approximate surface area is 237 Å². The van der Waals surface area contributed by atoms with Crippen molar-refractivity contribution in [3.8, 4) is 0 Å². The number of anilines is 2. The third-order valence-electron chi connectivity index (χ3n) is 7.65. The van der Waals surface area contributed by atoms with Gasteiger partial charge in [-0.25, -0.2) is 13.4 Å². The summed E-state index contributed by atoms with van der Waals surface area (Å²) in [6.45, 7) is 7.72. The van der Waals surface area contributed by atoms with E-state index in [0.717, 1.165) is 29.9 Å². The smallest absolute Gasteiger partial charge is 0.243 e. The van der Waals surface area contributed by atoms with Crippen molar-refractivity contribution in [2.24, 2.45) is 5.92 Å². The lowest BCUT2D eigenvalue weighted by molar-refractivity contribution is 0.382. The molecule has 3 heterocycles. The van der Waals surface area contributed by atoms with Crippen LogP contribution in [0.3, 0.4) is 0 Å². The van der Waals surface area contributed by atoms with Crippen LogP contribution in [-0.2, 0) is 16.6 Å². The fraction of sp³-hybridized carbons (Fsp3) is 0.433. The van der Waals surface area contributed by atoms with Crippen LogP contribution in [0.15, 0.2) is 71.9 Å². The van der Waals surface area contributed by atoms with E-state index >= 15 is 0 Å². The van der Waals surface area contributed by atoms with Gasteiger partial charge in [0.1, 0.15) is 0 Å². The first-order valence-corrected chi connectivity index (χ1v) is 15.7. The number of unbranched alkanes of at least 4 members (excludes halogenated alkanes) is 1. The van der Waals surface area contributed by atoms with Crippen molar-refractivity contribution in [1.29, 1.82) is 0 Å². The Kier molecular flexibility index (Phi) is 8.96. The second-order valence-electron chi connectivity index (χ2n) is 10.4. The molecule has 1 fully saturated rings. The highest BCUT2D eigenvalue weighted by Crippen LogP contribution is 2.26. The lowest BCUT2D eigenvalue weighted by Gasteiger charge is -2.34. The maximum atomic E-state index is 13.1. The number of benzene rings is 2. The molecule has 0 radical (unpaired) electrons. The van der Waals surface area contributed by atoms with Gasteiger partial charge < -0.3 is 14.8 Å². The van der Waals surface area contributed by atoms with Gasteiger partial charge in [0.2, 0.25) is 16.0 Å². The molecule has 1 unspecified atom stereocenters. The van der Waals surface area contributed by atoms with Crippen molar-refractivity contribution in [2.45, 2.75) is 51.0 Å². The fourth-order valence-corrected chi connectivity index (χ4v) is 6.59. The molecule has 1 saturated heterocycles. The van der Waals surface area contributed by atoms with Crippen molar-refractivity contribution in [2.75, 3.05) is 42.9 Å². The van der Waals surface area contributed by atoms with Crippen LogP contribution >= 0.6 is 0 Å². The lowest BCUT2D eigenvalue weighted by Crippen LogP contribution is -2.49. The van der Waals surface area contributed by atoms with Crippen LogP contribution in [0.4, 0.5) is 11.8 Å². The molecule has 2 aromatic carbocycles. The van der Waals surface area contributed by atoms with E-state index in [4.69, 9.17) is 15.0 Å². The minimum Gasteiger partial charge on any atom is -0.368 e. The highest BCUT2D eigenvalue weighted by atomic mass is 32.2. The number of rotatable bonds is 12. The SMILES string of the molecule is CCCCC(CC)CNc1nc(N2CCN(S(=O)(=O)c3ccccc3)CC2)nc2c1ncn2Cc1ccccc1. The second kappa shape index (κ2) is 12.8. The third kappa shape index (κ3) is 6.28. The zero-order valence-electron chi connectivity index (χ0n) is 23.4. The molecule has 1 aliphatic heterocycles. The molecule has 10 heteroatoms. The molecule has 4 aromatic rings. The Morgan fingerprint density at radius 1 is 0.925 bits per heavy atom. The van der Waals surface area contributed by atoms with Gasteiger partial charge in [0.15, 0.2) is 17.0 Å². The second-order valence-corrected chi connectivity index (χ2v) is 12.3. The van der Waals surface area contributed by atoms with Crippen LogP contribution in [-0.4, -0.2) is 65.0 Å².